The average molecular weight is 444 g/mol. The minimum atomic E-state index is -7.22. The highest BCUT2D eigenvalue weighted by molar-refractivity contribution is 5.01. The highest BCUT2D eigenvalue weighted by Gasteiger charge is 2.91. The summed E-state index contributed by atoms with van der Waals surface area (Å²) in [5, 5.41) is 0. The lowest BCUT2D eigenvalue weighted by atomic mass is 10.1. The van der Waals surface area contributed by atoms with Crippen molar-refractivity contribution in [2.24, 2.45) is 0 Å². The fourth-order valence-corrected chi connectivity index (χ4v) is 1.53. The second-order valence-electron chi connectivity index (χ2n) is 4.75. The van der Waals surface area contributed by atoms with Crippen LogP contribution in [0.2, 0.25) is 0 Å². The Bertz CT molecular complexity index is 554. The maximum Gasteiger partial charge on any atom is 0.458 e. The lowest BCUT2D eigenvalue weighted by Crippen LogP contribution is -2.77. The molecule has 27 heavy (non-hydrogen) atoms. The van der Waals surface area contributed by atoms with E-state index in [1.54, 1.807) is 0 Å². The van der Waals surface area contributed by atoms with Crippen LogP contribution >= 0.6 is 0 Å². The van der Waals surface area contributed by atoms with E-state index in [1.165, 1.54) is 0 Å². The molecule has 1 heterocycles. The highest BCUT2D eigenvalue weighted by atomic mass is 19.4. The van der Waals surface area contributed by atoms with Crippen molar-refractivity contribution in [3.05, 3.63) is 0 Å². The van der Waals surface area contributed by atoms with Gasteiger partial charge in [-0.2, -0.15) is 61.5 Å². The molecule has 0 aromatic rings. The van der Waals surface area contributed by atoms with E-state index in [1.807, 2.05) is 4.74 Å². The molecule has 1 aliphatic heterocycles. The van der Waals surface area contributed by atoms with Gasteiger partial charge in [-0.15, -0.1) is 0 Å². The SMILES string of the molecule is FCC(OC1(F)OC(F)(C(F)(F)F)C(F)(F)OC1(F)C(F)(F)F)C(F)(F)F. The van der Waals surface area contributed by atoms with Crippen LogP contribution in [0.15, 0.2) is 0 Å². The minimum Gasteiger partial charge on any atom is -0.303 e. The Morgan fingerprint density at radius 3 is 1.41 bits per heavy atom. The van der Waals surface area contributed by atoms with Crippen LogP contribution in [0.5, 0.6) is 0 Å². The van der Waals surface area contributed by atoms with Gasteiger partial charge < -0.3 is 4.74 Å². The van der Waals surface area contributed by atoms with Crippen molar-refractivity contribution in [3.8, 4) is 0 Å². The number of ether oxygens (including phenoxy) is 3. The van der Waals surface area contributed by atoms with E-state index in [9.17, 15) is 65.9 Å². The molecule has 0 radical (unpaired) electrons. The van der Waals surface area contributed by atoms with E-state index < -0.39 is 55.2 Å². The zero-order valence-corrected chi connectivity index (χ0v) is 11.7. The van der Waals surface area contributed by atoms with Gasteiger partial charge in [-0.05, 0) is 0 Å². The van der Waals surface area contributed by atoms with Crippen molar-refractivity contribution in [2.75, 3.05) is 6.67 Å². The molecule has 0 amide bonds. The molecule has 3 nitrogen and oxygen atoms in total. The Hall–Kier alpha value is -1.17. The number of hydrogen-bond donors (Lipinski definition) is 0. The van der Waals surface area contributed by atoms with Gasteiger partial charge in [0.2, 0.25) is 0 Å². The van der Waals surface area contributed by atoms with Crippen LogP contribution in [0.1, 0.15) is 0 Å². The molecule has 1 fully saturated rings. The molecule has 4 atom stereocenters. The summed E-state index contributed by atoms with van der Waals surface area (Å²) in [6.07, 6.45) is -32.1. The molecule has 162 valence electrons. The molecule has 4 unspecified atom stereocenters. The molecular formula is C9H3F15O3. The molecule has 1 saturated heterocycles. The summed E-state index contributed by atoms with van der Waals surface area (Å²) in [4.78, 5) is 0. The van der Waals surface area contributed by atoms with Crippen molar-refractivity contribution in [2.45, 2.75) is 48.5 Å². The van der Waals surface area contributed by atoms with Gasteiger partial charge in [-0.3, -0.25) is 9.47 Å². The first-order chi connectivity index (χ1) is 11.6. The normalized spacial score (nSPS) is 36.6. The molecule has 0 aromatic carbocycles. The molecule has 0 N–H and O–H groups in total. The fraction of sp³-hybridized carbons (Fsp3) is 1.00. The number of halogens is 15. The Labute approximate surface area is 136 Å². The van der Waals surface area contributed by atoms with E-state index in [0.29, 0.717) is 0 Å². The first kappa shape index (κ1) is 23.9. The average Bonchev–Trinajstić information content (AvgIpc) is 2.38. The van der Waals surface area contributed by atoms with Crippen LogP contribution in [0, 0.1) is 0 Å². The van der Waals surface area contributed by atoms with E-state index in [0.717, 1.165) is 0 Å². The molecule has 1 rings (SSSR count). The van der Waals surface area contributed by atoms with Crippen LogP contribution in [0.25, 0.3) is 0 Å². The summed E-state index contributed by atoms with van der Waals surface area (Å²) in [6.45, 7) is -3.06. The molecule has 0 aromatic heterocycles. The maximum absolute atomic E-state index is 14.0. The third-order valence-electron chi connectivity index (χ3n) is 2.83. The second kappa shape index (κ2) is 6.16. The summed E-state index contributed by atoms with van der Waals surface area (Å²) >= 11 is 0. The quantitative estimate of drug-likeness (QED) is 0.595. The molecular weight excluding hydrogens is 441 g/mol. The molecule has 1 aliphatic rings. The van der Waals surface area contributed by atoms with Crippen molar-refractivity contribution in [1.29, 1.82) is 0 Å². The fourth-order valence-electron chi connectivity index (χ4n) is 1.53. The van der Waals surface area contributed by atoms with E-state index in [4.69, 9.17) is 0 Å². The van der Waals surface area contributed by atoms with Crippen molar-refractivity contribution >= 4 is 0 Å². The smallest absolute Gasteiger partial charge is 0.303 e. The summed E-state index contributed by atoms with van der Waals surface area (Å²) in [5.74, 6) is -13.9. The Morgan fingerprint density at radius 2 is 1.11 bits per heavy atom. The lowest BCUT2D eigenvalue weighted by Gasteiger charge is -2.49. The van der Waals surface area contributed by atoms with Gasteiger partial charge in [0.1, 0.15) is 6.67 Å². The monoisotopic (exact) mass is 444 g/mol. The van der Waals surface area contributed by atoms with Crippen molar-refractivity contribution < 1.29 is 80.1 Å². The first-order valence-electron chi connectivity index (χ1n) is 5.87. The maximum atomic E-state index is 14.0. The van der Waals surface area contributed by atoms with E-state index in [-0.39, 0.29) is 0 Å². The van der Waals surface area contributed by atoms with Gasteiger partial charge >= 0.3 is 42.4 Å². The topological polar surface area (TPSA) is 27.7 Å². The number of hydrogen-bond acceptors (Lipinski definition) is 3. The third kappa shape index (κ3) is 3.62. The van der Waals surface area contributed by atoms with Crippen molar-refractivity contribution in [1.82, 2.24) is 0 Å². The van der Waals surface area contributed by atoms with Gasteiger partial charge in [0, 0.05) is 0 Å². The Balaban J connectivity index is 3.63. The molecule has 0 spiro atoms. The van der Waals surface area contributed by atoms with Crippen LogP contribution < -0.4 is 0 Å². The standard InChI is InChI=1S/C9H3F15O3/c10-1-2(3(11,12)13)25-9(24)5(15,7(19,20)21)26-8(22,23)4(14,27-9)6(16,17)18/h2H,1H2. The minimum absolute atomic E-state index is 1.91. The third-order valence-corrected chi connectivity index (χ3v) is 2.83. The largest absolute Gasteiger partial charge is 0.458 e. The summed E-state index contributed by atoms with van der Waals surface area (Å²) < 4.78 is 198. The van der Waals surface area contributed by atoms with E-state index in [2.05, 4.69) is 9.47 Å². The zero-order chi connectivity index (χ0) is 21.9. The van der Waals surface area contributed by atoms with Gasteiger partial charge in [0.25, 0.3) is 0 Å². The first-order valence-corrected chi connectivity index (χ1v) is 5.87. The zero-order valence-electron chi connectivity index (χ0n) is 11.7. The second-order valence-corrected chi connectivity index (χ2v) is 4.75. The predicted molar refractivity (Wildman–Crippen MR) is 47.6 cm³/mol. The summed E-state index contributed by atoms with van der Waals surface area (Å²) in [6, 6.07) is -6.70. The molecule has 0 bridgehead atoms. The van der Waals surface area contributed by atoms with Gasteiger partial charge in [-0.1, -0.05) is 0 Å². The van der Waals surface area contributed by atoms with Crippen LogP contribution in [0.3, 0.4) is 0 Å². The Morgan fingerprint density at radius 1 is 0.704 bits per heavy atom. The molecule has 0 aliphatic carbocycles. The number of alkyl halides is 15. The summed E-state index contributed by atoms with van der Waals surface area (Å²) in [5.41, 5.74) is 0. The van der Waals surface area contributed by atoms with Crippen LogP contribution in [-0.2, 0) is 14.2 Å². The van der Waals surface area contributed by atoms with Gasteiger partial charge in [0.05, 0.1) is 0 Å². The molecule has 18 heteroatoms. The van der Waals surface area contributed by atoms with Crippen LogP contribution in [-0.4, -0.2) is 55.2 Å². The lowest BCUT2D eigenvalue weighted by molar-refractivity contribution is -0.639. The Kier molecular flexibility index (Phi) is 5.45. The highest BCUT2D eigenvalue weighted by Crippen LogP contribution is 2.61. The predicted octanol–water partition coefficient (Wildman–Crippen LogP) is 4.62. The number of rotatable bonds is 3. The van der Waals surface area contributed by atoms with Gasteiger partial charge in [-0.25, -0.2) is 4.39 Å². The van der Waals surface area contributed by atoms with Gasteiger partial charge in [0.15, 0.2) is 6.10 Å². The van der Waals surface area contributed by atoms with E-state index >= 15 is 0 Å². The van der Waals surface area contributed by atoms with Crippen molar-refractivity contribution in [3.63, 3.8) is 0 Å². The molecule has 0 saturated carbocycles. The summed E-state index contributed by atoms with van der Waals surface area (Å²) in [7, 11) is 0. The van der Waals surface area contributed by atoms with Crippen LogP contribution in [0.4, 0.5) is 65.9 Å².